The number of hydrogen-bond acceptors (Lipinski definition) is 3. The fourth-order valence-corrected chi connectivity index (χ4v) is 3.38. The summed E-state index contributed by atoms with van der Waals surface area (Å²) in [6.07, 6.45) is 7.95. The molecule has 3 rings (SSSR count). The van der Waals surface area contributed by atoms with Crippen molar-refractivity contribution in [2.24, 2.45) is 5.92 Å². The molecule has 0 aliphatic carbocycles. The van der Waals surface area contributed by atoms with E-state index in [1.54, 1.807) is 12.5 Å². The van der Waals surface area contributed by atoms with Crippen LogP contribution in [0.25, 0.3) is 11.1 Å². The zero-order valence-electron chi connectivity index (χ0n) is 15.8. The molecule has 1 heterocycles. The summed E-state index contributed by atoms with van der Waals surface area (Å²) in [4.78, 5) is 12.2. The molecule has 0 aliphatic rings. The maximum absolute atomic E-state index is 12.2. The number of carbonyl (C=O) groups is 1. The lowest BCUT2D eigenvalue weighted by atomic mass is 9.93. The van der Waals surface area contributed by atoms with Gasteiger partial charge in [0.25, 0.3) is 0 Å². The molecule has 3 nitrogen and oxygen atoms in total. The number of methoxy groups -OCH3 is 1. The van der Waals surface area contributed by atoms with Gasteiger partial charge in [0, 0.05) is 5.56 Å². The van der Waals surface area contributed by atoms with Crippen LogP contribution in [0.1, 0.15) is 30.4 Å². The summed E-state index contributed by atoms with van der Waals surface area (Å²) in [6, 6.07) is 20.8. The van der Waals surface area contributed by atoms with Gasteiger partial charge in [-0.1, -0.05) is 54.6 Å². The molecule has 0 aliphatic heterocycles. The number of furan rings is 1. The number of rotatable bonds is 9. The smallest absolute Gasteiger partial charge is 0.308 e. The van der Waals surface area contributed by atoms with E-state index in [1.807, 2.05) is 12.1 Å². The van der Waals surface area contributed by atoms with Gasteiger partial charge < -0.3 is 9.15 Å². The first-order valence-electron chi connectivity index (χ1n) is 9.49. The van der Waals surface area contributed by atoms with Crippen LogP contribution in [0.15, 0.2) is 77.6 Å². The minimum absolute atomic E-state index is 0.0488. The van der Waals surface area contributed by atoms with E-state index in [0.29, 0.717) is 0 Å². The van der Waals surface area contributed by atoms with Crippen LogP contribution in [-0.2, 0) is 22.4 Å². The highest BCUT2D eigenvalue weighted by Crippen LogP contribution is 2.22. The first-order chi connectivity index (χ1) is 13.3. The van der Waals surface area contributed by atoms with E-state index in [9.17, 15) is 4.79 Å². The molecule has 0 saturated heterocycles. The largest absolute Gasteiger partial charge is 0.472 e. The van der Waals surface area contributed by atoms with Crippen LogP contribution < -0.4 is 0 Å². The topological polar surface area (TPSA) is 39.4 Å². The second-order valence-corrected chi connectivity index (χ2v) is 6.85. The summed E-state index contributed by atoms with van der Waals surface area (Å²) in [5.74, 6) is -0.148. The van der Waals surface area contributed by atoms with Crippen molar-refractivity contribution in [3.05, 3.63) is 84.3 Å². The molecule has 0 fully saturated rings. The molecule has 0 spiro atoms. The zero-order chi connectivity index (χ0) is 18.9. The Labute approximate surface area is 161 Å². The molecule has 1 atom stereocenters. The molecule has 1 unspecified atom stereocenters. The lowest BCUT2D eigenvalue weighted by Gasteiger charge is -2.15. The molecular weight excluding hydrogens is 336 g/mol. The van der Waals surface area contributed by atoms with Crippen molar-refractivity contribution < 1.29 is 13.9 Å². The van der Waals surface area contributed by atoms with E-state index < -0.39 is 0 Å². The number of benzene rings is 2. The Hall–Kier alpha value is -2.81. The molecule has 27 heavy (non-hydrogen) atoms. The van der Waals surface area contributed by atoms with Gasteiger partial charge in [-0.25, -0.2) is 0 Å². The van der Waals surface area contributed by atoms with Crippen LogP contribution in [-0.4, -0.2) is 13.1 Å². The second kappa shape index (κ2) is 9.77. The van der Waals surface area contributed by atoms with Gasteiger partial charge >= 0.3 is 5.97 Å². The summed E-state index contributed by atoms with van der Waals surface area (Å²) in [5.41, 5.74) is 4.77. The quantitative estimate of drug-likeness (QED) is 0.459. The van der Waals surface area contributed by atoms with Crippen LogP contribution in [0.5, 0.6) is 0 Å². The van der Waals surface area contributed by atoms with Crippen molar-refractivity contribution in [1.29, 1.82) is 0 Å². The molecule has 0 amide bonds. The van der Waals surface area contributed by atoms with Gasteiger partial charge in [-0.3, -0.25) is 4.79 Å². The lowest BCUT2D eigenvalue weighted by Crippen LogP contribution is -2.17. The van der Waals surface area contributed by atoms with E-state index in [0.717, 1.165) is 43.2 Å². The van der Waals surface area contributed by atoms with Gasteiger partial charge in [0.2, 0.25) is 0 Å². The number of aryl methyl sites for hydroxylation is 2. The molecule has 0 N–H and O–H groups in total. The van der Waals surface area contributed by atoms with E-state index in [4.69, 9.17) is 9.15 Å². The molecule has 3 heteroatoms. The standard InChI is InChI=1S/C24H26O3/c1-26-24(25)22(9-5-8-19-6-3-2-4-7-19)15-12-20-10-13-21(14-11-20)23-16-17-27-18-23/h2-4,6-7,10-11,13-14,16-18,22H,5,8-9,12,15H2,1H3. The Morgan fingerprint density at radius 3 is 2.30 bits per heavy atom. The van der Waals surface area contributed by atoms with Gasteiger partial charge in [0.1, 0.15) is 0 Å². The van der Waals surface area contributed by atoms with Crippen LogP contribution in [0, 0.1) is 5.92 Å². The summed E-state index contributed by atoms with van der Waals surface area (Å²) in [5, 5.41) is 0. The average Bonchev–Trinajstić information content (AvgIpc) is 3.26. The summed E-state index contributed by atoms with van der Waals surface area (Å²) < 4.78 is 10.2. The maximum atomic E-state index is 12.2. The molecule has 3 aromatic rings. The van der Waals surface area contributed by atoms with Gasteiger partial charge in [-0.15, -0.1) is 0 Å². The fraction of sp³-hybridized carbons (Fsp3) is 0.292. The van der Waals surface area contributed by atoms with E-state index in [-0.39, 0.29) is 11.9 Å². The number of carbonyl (C=O) groups excluding carboxylic acids is 1. The Kier molecular flexibility index (Phi) is 6.86. The molecule has 0 saturated carbocycles. The third kappa shape index (κ3) is 5.58. The molecule has 0 bridgehead atoms. The number of hydrogen-bond donors (Lipinski definition) is 0. The first kappa shape index (κ1) is 19.0. The van der Waals surface area contributed by atoms with Crippen LogP contribution in [0.4, 0.5) is 0 Å². The average molecular weight is 362 g/mol. The lowest BCUT2D eigenvalue weighted by molar-refractivity contribution is -0.145. The maximum Gasteiger partial charge on any atom is 0.308 e. The highest BCUT2D eigenvalue weighted by molar-refractivity contribution is 5.72. The van der Waals surface area contributed by atoms with Gasteiger partial charge in [0.15, 0.2) is 0 Å². The monoisotopic (exact) mass is 362 g/mol. The van der Waals surface area contributed by atoms with E-state index in [1.165, 1.54) is 18.2 Å². The van der Waals surface area contributed by atoms with Crippen molar-refractivity contribution >= 4 is 5.97 Å². The van der Waals surface area contributed by atoms with Gasteiger partial charge in [0.05, 0.1) is 25.6 Å². The fourth-order valence-electron chi connectivity index (χ4n) is 3.38. The SMILES string of the molecule is COC(=O)C(CCCc1ccccc1)CCc1ccc(-c2ccoc2)cc1. The molecule has 1 aromatic heterocycles. The molecule has 2 aromatic carbocycles. The summed E-state index contributed by atoms with van der Waals surface area (Å²) in [6.45, 7) is 0. The predicted molar refractivity (Wildman–Crippen MR) is 107 cm³/mol. The predicted octanol–water partition coefficient (Wildman–Crippen LogP) is 5.69. The Morgan fingerprint density at radius 2 is 1.63 bits per heavy atom. The number of ether oxygens (including phenoxy) is 1. The first-order valence-corrected chi connectivity index (χ1v) is 9.49. The van der Waals surface area contributed by atoms with Crippen molar-refractivity contribution in [3.8, 4) is 11.1 Å². The van der Waals surface area contributed by atoms with Gasteiger partial charge in [-0.05, 0) is 54.9 Å². The second-order valence-electron chi connectivity index (χ2n) is 6.85. The Bertz CT molecular complexity index is 805. The Morgan fingerprint density at radius 1 is 0.889 bits per heavy atom. The normalized spacial score (nSPS) is 11.9. The van der Waals surface area contributed by atoms with Crippen molar-refractivity contribution in [2.45, 2.75) is 32.1 Å². The van der Waals surface area contributed by atoms with Crippen LogP contribution in [0.2, 0.25) is 0 Å². The summed E-state index contributed by atoms with van der Waals surface area (Å²) >= 11 is 0. The molecule has 0 radical (unpaired) electrons. The summed E-state index contributed by atoms with van der Waals surface area (Å²) in [7, 11) is 1.48. The van der Waals surface area contributed by atoms with Crippen LogP contribution in [0.3, 0.4) is 0 Å². The van der Waals surface area contributed by atoms with Crippen molar-refractivity contribution in [2.75, 3.05) is 7.11 Å². The van der Waals surface area contributed by atoms with E-state index in [2.05, 4.69) is 48.5 Å². The van der Waals surface area contributed by atoms with Crippen molar-refractivity contribution in [1.82, 2.24) is 0 Å². The van der Waals surface area contributed by atoms with E-state index >= 15 is 0 Å². The number of esters is 1. The zero-order valence-corrected chi connectivity index (χ0v) is 15.8. The van der Waals surface area contributed by atoms with Crippen LogP contribution >= 0.6 is 0 Å². The molecule has 140 valence electrons. The Balaban J connectivity index is 1.52. The minimum atomic E-state index is -0.0990. The third-order valence-corrected chi connectivity index (χ3v) is 4.99. The third-order valence-electron chi connectivity index (χ3n) is 4.99. The van der Waals surface area contributed by atoms with Gasteiger partial charge in [-0.2, -0.15) is 0 Å². The molecular formula is C24H26O3. The highest BCUT2D eigenvalue weighted by Gasteiger charge is 2.18. The van der Waals surface area contributed by atoms with Crippen molar-refractivity contribution in [3.63, 3.8) is 0 Å². The highest BCUT2D eigenvalue weighted by atomic mass is 16.5. The minimum Gasteiger partial charge on any atom is -0.472 e.